The van der Waals surface area contributed by atoms with Crippen LogP contribution in [0.25, 0.3) is 5.69 Å². The lowest BCUT2D eigenvalue weighted by Crippen LogP contribution is -2.30. The second-order valence-corrected chi connectivity index (χ2v) is 5.63. The lowest BCUT2D eigenvalue weighted by atomic mass is 10.3. The van der Waals surface area contributed by atoms with Crippen molar-refractivity contribution in [1.82, 2.24) is 25.2 Å². The molecule has 0 unspecified atom stereocenters. The first kappa shape index (κ1) is 17.0. The molecule has 8 heteroatoms. The predicted octanol–water partition coefficient (Wildman–Crippen LogP) is 1.44. The molecule has 0 aliphatic carbocycles. The highest BCUT2D eigenvalue weighted by atomic mass is 35.5. The molecule has 0 bridgehead atoms. The minimum absolute atomic E-state index is 0.0513. The van der Waals surface area contributed by atoms with Gasteiger partial charge in [-0.05, 0) is 25.1 Å². The number of hydrogen-bond acceptors (Lipinski definition) is 4. The second-order valence-electron chi connectivity index (χ2n) is 5.20. The number of rotatable bonds is 5. The molecule has 0 radical (unpaired) electrons. The van der Waals surface area contributed by atoms with Gasteiger partial charge in [0.2, 0.25) is 5.91 Å². The lowest BCUT2D eigenvalue weighted by molar-refractivity contribution is -0.128. The highest BCUT2D eigenvalue weighted by Gasteiger charge is 2.16. The van der Waals surface area contributed by atoms with Crippen molar-refractivity contribution in [2.75, 3.05) is 20.6 Å². The molecule has 0 aliphatic rings. The topological polar surface area (TPSA) is 80.1 Å². The molecule has 0 saturated carbocycles. The predicted molar refractivity (Wildman–Crippen MR) is 86.8 cm³/mol. The van der Waals surface area contributed by atoms with Crippen LogP contribution >= 0.6 is 11.6 Å². The maximum atomic E-state index is 12.2. The summed E-state index contributed by atoms with van der Waals surface area (Å²) in [5.41, 5.74) is 1.39. The van der Waals surface area contributed by atoms with Gasteiger partial charge in [0.1, 0.15) is 0 Å². The SMILES string of the molecule is Cc1nn(-c2cccc(Cl)c2)nc1C(=O)NCCC(=O)N(C)C. The Bertz CT molecular complexity index is 726. The molecule has 0 atom stereocenters. The summed E-state index contributed by atoms with van der Waals surface area (Å²) in [6.07, 6.45) is 0.236. The van der Waals surface area contributed by atoms with Gasteiger partial charge in [-0.2, -0.15) is 9.90 Å². The first-order valence-electron chi connectivity index (χ1n) is 7.06. The van der Waals surface area contributed by atoms with E-state index in [2.05, 4.69) is 15.5 Å². The third-order valence-electron chi connectivity index (χ3n) is 3.16. The average Bonchev–Trinajstić information content (AvgIpc) is 2.89. The van der Waals surface area contributed by atoms with E-state index in [9.17, 15) is 9.59 Å². The largest absolute Gasteiger partial charge is 0.350 e. The maximum absolute atomic E-state index is 12.2. The van der Waals surface area contributed by atoms with Crippen LogP contribution in [-0.2, 0) is 4.79 Å². The fourth-order valence-electron chi connectivity index (χ4n) is 1.89. The van der Waals surface area contributed by atoms with Crippen molar-refractivity contribution < 1.29 is 9.59 Å². The van der Waals surface area contributed by atoms with E-state index in [4.69, 9.17) is 11.6 Å². The third kappa shape index (κ3) is 4.29. The van der Waals surface area contributed by atoms with Gasteiger partial charge in [-0.15, -0.1) is 5.10 Å². The number of halogens is 1. The van der Waals surface area contributed by atoms with Crippen LogP contribution in [0.4, 0.5) is 0 Å². The second kappa shape index (κ2) is 7.23. The molecule has 0 fully saturated rings. The van der Waals surface area contributed by atoms with E-state index in [0.29, 0.717) is 16.4 Å². The molecule has 1 heterocycles. The normalized spacial score (nSPS) is 10.4. The van der Waals surface area contributed by atoms with Gasteiger partial charge >= 0.3 is 0 Å². The fraction of sp³-hybridized carbons (Fsp3) is 0.333. The minimum Gasteiger partial charge on any atom is -0.350 e. The molecule has 0 spiro atoms. The number of aryl methyl sites for hydroxylation is 1. The van der Waals surface area contributed by atoms with Crippen LogP contribution in [0, 0.1) is 6.92 Å². The molecule has 2 aromatic rings. The van der Waals surface area contributed by atoms with E-state index in [-0.39, 0.29) is 30.5 Å². The number of nitrogens with one attached hydrogen (secondary N) is 1. The van der Waals surface area contributed by atoms with E-state index in [1.54, 1.807) is 45.3 Å². The monoisotopic (exact) mass is 335 g/mol. The summed E-state index contributed by atoms with van der Waals surface area (Å²) >= 11 is 5.94. The Morgan fingerprint density at radius 3 is 2.70 bits per heavy atom. The molecule has 0 saturated heterocycles. The smallest absolute Gasteiger partial charge is 0.273 e. The summed E-state index contributed by atoms with van der Waals surface area (Å²) in [5, 5.41) is 11.7. The van der Waals surface area contributed by atoms with Gasteiger partial charge in [0, 0.05) is 32.1 Å². The van der Waals surface area contributed by atoms with Crippen LogP contribution in [0.15, 0.2) is 24.3 Å². The molecular weight excluding hydrogens is 318 g/mol. The molecule has 23 heavy (non-hydrogen) atoms. The number of benzene rings is 1. The van der Waals surface area contributed by atoms with Crippen LogP contribution in [0.2, 0.25) is 5.02 Å². The van der Waals surface area contributed by atoms with E-state index < -0.39 is 0 Å². The van der Waals surface area contributed by atoms with Crippen molar-refractivity contribution in [3.05, 3.63) is 40.7 Å². The zero-order valence-electron chi connectivity index (χ0n) is 13.2. The summed E-state index contributed by atoms with van der Waals surface area (Å²) in [6, 6.07) is 7.03. The van der Waals surface area contributed by atoms with Gasteiger partial charge in [-0.25, -0.2) is 0 Å². The Labute approximate surface area is 139 Å². The van der Waals surface area contributed by atoms with Crippen LogP contribution in [0.5, 0.6) is 0 Å². The number of amides is 2. The van der Waals surface area contributed by atoms with Crippen LogP contribution in [-0.4, -0.2) is 52.3 Å². The lowest BCUT2D eigenvalue weighted by Gasteiger charge is -2.10. The van der Waals surface area contributed by atoms with E-state index in [0.717, 1.165) is 0 Å². The molecule has 2 rings (SSSR count). The van der Waals surface area contributed by atoms with Crippen molar-refractivity contribution in [2.45, 2.75) is 13.3 Å². The number of nitrogens with zero attached hydrogens (tertiary/aromatic N) is 4. The van der Waals surface area contributed by atoms with Crippen molar-refractivity contribution >= 4 is 23.4 Å². The standard InChI is InChI=1S/C15H18ClN5O2/c1-10-14(15(23)17-8-7-13(22)20(2)3)19-21(18-10)12-6-4-5-11(16)9-12/h4-6,9H,7-8H2,1-3H3,(H,17,23). The molecule has 122 valence electrons. The van der Waals surface area contributed by atoms with Gasteiger partial charge in [-0.1, -0.05) is 17.7 Å². The maximum Gasteiger partial charge on any atom is 0.273 e. The summed E-state index contributed by atoms with van der Waals surface area (Å²) in [5.74, 6) is -0.410. The summed E-state index contributed by atoms with van der Waals surface area (Å²) in [6.45, 7) is 1.95. The number of carbonyl (C=O) groups excluding carboxylic acids is 2. The highest BCUT2D eigenvalue weighted by molar-refractivity contribution is 6.30. The molecule has 0 aliphatic heterocycles. The van der Waals surface area contributed by atoms with Crippen molar-refractivity contribution in [2.24, 2.45) is 0 Å². The van der Waals surface area contributed by atoms with Crippen LogP contribution in [0.1, 0.15) is 22.6 Å². The molecular formula is C15H18ClN5O2. The molecule has 1 N–H and O–H groups in total. The average molecular weight is 336 g/mol. The highest BCUT2D eigenvalue weighted by Crippen LogP contribution is 2.14. The van der Waals surface area contributed by atoms with E-state index >= 15 is 0 Å². The van der Waals surface area contributed by atoms with Crippen molar-refractivity contribution in [1.29, 1.82) is 0 Å². The van der Waals surface area contributed by atoms with Gasteiger partial charge in [0.15, 0.2) is 5.69 Å². The minimum atomic E-state index is -0.359. The van der Waals surface area contributed by atoms with E-state index in [1.165, 1.54) is 9.70 Å². The quantitative estimate of drug-likeness (QED) is 0.896. The number of aromatic nitrogens is 3. The fourth-order valence-corrected chi connectivity index (χ4v) is 2.08. The van der Waals surface area contributed by atoms with Gasteiger partial charge in [0.25, 0.3) is 5.91 Å². The Morgan fingerprint density at radius 2 is 2.04 bits per heavy atom. The Hall–Kier alpha value is -2.41. The van der Waals surface area contributed by atoms with Gasteiger partial charge in [0.05, 0.1) is 11.4 Å². The zero-order chi connectivity index (χ0) is 17.0. The van der Waals surface area contributed by atoms with Crippen LogP contribution in [0.3, 0.4) is 0 Å². The summed E-state index contributed by atoms with van der Waals surface area (Å²) in [7, 11) is 3.34. The third-order valence-corrected chi connectivity index (χ3v) is 3.39. The van der Waals surface area contributed by atoms with Gasteiger partial charge < -0.3 is 10.2 Å². The van der Waals surface area contributed by atoms with Crippen molar-refractivity contribution in [3.63, 3.8) is 0 Å². The Balaban J connectivity index is 2.06. The van der Waals surface area contributed by atoms with E-state index in [1.807, 2.05) is 0 Å². The first-order chi connectivity index (χ1) is 10.9. The molecule has 2 amide bonds. The first-order valence-corrected chi connectivity index (χ1v) is 7.44. The Kier molecular flexibility index (Phi) is 5.33. The Morgan fingerprint density at radius 1 is 1.30 bits per heavy atom. The molecule has 1 aromatic heterocycles. The molecule has 1 aromatic carbocycles. The zero-order valence-corrected chi connectivity index (χ0v) is 14.0. The van der Waals surface area contributed by atoms with Crippen molar-refractivity contribution in [3.8, 4) is 5.69 Å². The summed E-state index contributed by atoms with van der Waals surface area (Å²) in [4.78, 5) is 26.5. The van der Waals surface area contributed by atoms with Crippen LogP contribution < -0.4 is 5.32 Å². The number of carbonyl (C=O) groups is 2. The number of hydrogen-bond donors (Lipinski definition) is 1. The molecule has 7 nitrogen and oxygen atoms in total. The summed E-state index contributed by atoms with van der Waals surface area (Å²) < 4.78 is 0. The van der Waals surface area contributed by atoms with Gasteiger partial charge in [-0.3, -0.25) is 9.59 Å².